The van der Waals surface area contributed by atoms with E-state index in [4.69, 9.17) is 0 Å². The summed E-state index contributed by atoms with van der Waals surface area (Å²) in [4.78, 5) is 19.5. The number of fused-ring (bicyclic) bond motifs is 1. The van der Waals surface area contributed by atoms with Gasteiger partial charge in [0, 0.05) is 50.3 Å². The molecule has 1 fully saturated rings. The zero-order chi connectivity index (χ0) is 16.4. The average Bonchev–Trinajstić information content (AvgIpc) is 3.30. The van der Waals surface area contributed by atoms with Crippen LogP contribution >= 0.6 is 0 Å². The number of hydrogen-bond acceptors (Lipinski definition) is 2. The molecule has 1 atom stereocenters. The van der Waals surface area contributed by atoms with Crippen molar-refractivity contribution in [2.75, 3.05) is 13.1 Å². The molecule has 4 rings (SSSR count). The van der Waals surface area contributed by atoms with E-state index in [1.54, 1.807) is 0 Å². The third kappa shape index (κ3) is 2.97. The number of aromatic nitrogens is 2. The lowest BCUT2D eigenvalue weighted by atomic mass is 9.91. The first-order valence-electron chi connectivity index (χ1n) is 9.20. The molecule has 2 aliphatic heterocycles. The van der Waals surface area contributed by atoms with Crippen LogP contribution in [-0.4, -0.2) is 33.4 Å². The number of carbonyl (C=O) groups is 1. The molecule has 0 spiro atoms. The highest BCUT2D eigenvalue weighted by molar-refractivity contribution is 5.78. The van der Waals surface area contributed by atoms with Crippen LogP contribution in [0.15, 0.2) is 36.5 Å². The van der Waals surface area contributed by atoms with Gasteiger partial charge in [-0.25, -0.2) is 4.98 Å². The summed E-state index contributed by atoms with van der Waals surface area (Å²) < 4.78 is 2.36. The van der Waals surface area contributed by atoms with Crippen LogP contribution in [0.5, 0.6) is 0 Å². The van der Waals surface area contributed by atoms with Gasteiger partial charge >= 0.3 is 0 Å². The van der Waals surface area contributed by atoms with Crippen LogP contribution in [0.3, 0.4) is 0 Å². The van der Waals surface area contributed by atoms with E-state index >= 15 is 0 Å². The molecule has 0 saturated carbocycles. The van der Waals surface area contributed by atoms with Gasteiger partial charge in [0.1, 0.15) is 5.82 Å². The van der Waals surface area contributed by atoms with Gasteiger partial charge < -0.3 is 9.47 Å². The molecular formula is C20H25N3O. The highest BCUT2D eigenvalue weighted by Gasteiger charge is 2.27. The lowest BCUT2D eigenvalue weighted by Crippen LogP contribution is -2.29. The molecule has 0 aliphatic carbocycles. The van der Waals surface area contributed by atoms with Crippen molar-refractivity contribution in [3.63, 3.8) is 0 Å². The second-order valence-corrected chi connectivity index (χ2v) is 6.96. The number of hydrogen-bond donors (Lipinski definition) is 0. The molecule has 0 radical (unpaired) electrons. The summed E-state index contributed by atoms with van der Waals surface area (Å²) in [6.45, 7) is 2.88. The molecule has 1 unspecified atom stereocenters. The van der Waals surface area contributed by atoms with Gasteiger partial charge in [-0.2, -0.15) is 0 Å². The normalized spacial score (nSPS) is 18.4. The molecule has 3 heterocycles. The molecule has 24 heavy (non-hydrogen) atoms. The number of nitrogens with zero attached hydrogens (tertiary/aromatic N) is 3. The zero-order valence-electron chi connectivity index (χ0n) is 14.2. The minimum Gasteiger partial charge on any atom is -0.343 e. The molecule has 0 bridgehead atoms. The summed E-state index contributed by atoms with van der Waals surface area (Å²) in [7, 11) is 0. The minimum absolute atomic E-state index is 0.110. The van der Waals surface area contributed by atoms with E-state index in [-0.39, 0.29) is 11.8 Å². The SMILES string of the molecule is O=C(CC(c1ccccc1)c1cnc2n1CCCC2)N1CCCC1. The van der Waals surface area contributed by atoms with Crippen LogP contribution in [0.1, 0.15) is 55.1 Å². The van der Waals surface area contributed by atoms with Crippen molar-refractivity contribution in [2.45, 2.75) is 51.0 Å². The van der Waals surface area contributed by atoms with Gasteiger partial charge in [0.15, 0.2) is 0 Å². The zero-order valence-corrected chi connectivity index (χ0v) is 14.2. The molecule has 4 heteroatoms. The fourth-order valence-electron chi connectivity index (χ4n) is 4.07. The standard InChI is InChI=1S/C20H25N3O/c24-20(22-11-6-7-12-22)14-17(16-8-2-1-3-9-16)18-15-21-19-10-4-5-13-23(18)19/h1-3,8-9,15,17H,4-7,10-14H2. The van der Waals surface area contributed by atoms with E-state index in [9.17, 15) is 4.79 Å². The number of likely N-dealkylation sites (tertiary alicyclic amines) is 1. The Morgan fingerprint density at radius 3 is 2.58 bits per heavy atom. The predicted octanol–water partition coefficient (Wildman–Crippen LogP) is 3.36. The predicted molar refractivity (Wildman–Crippen MR) is 93.9 cm³/mol. The van der Waals surface area contributed by atoms with Crippen molar-refractivity contribution in [3.8, 4) is 0 Å². The minimum atomic E-state index is 0.110. The first-order valence-corrected chi connectivity index (χ1v) is 9.20. The fraction of sp³-hybridized carbons (Fsp3) is 0.500. The molecule has 2 aliphatic rings. The summed E-state index contributed by atoms with van der Waals surface area (Å²) >= 11 is 0. The van der Waals surface area contributed by atoms with Gasteiger partial charge in [-0.3, -0.25) is 4.79 Å². The Morgan fingerprint density at radius 2 is 1.79 bits per heavy atom. The molecule has 1 aromatic heterocycles. The van der Waals surface area contributed by atoms with Gasteiger partial charge in [-0.05, 0) is 31.2 Å². The Labute approximate surface area is 143 Å². The lowest BCUT2D eigenvalue weighted by Gasteiger charge is -2.24. The van der Waals surface area contributed by atoms with Crippen LogP contribution < -0.4 is 0 Å². The third-order valence-electron chi connectivity index (χ3n) is 5.40. The molecule has 1 saturated heterocycles. The van der Waals surface area contributed by atoms with E-state index < -0.39 is 0 Å². The summed E-state index contributed by atoms with van der Waals surface area (Å²) in [6.07, 6.45) is 8.33. The van der Waals surface area contributed by atoms with E-state index in [1.807, 2.05) is 17.2 Å². The van der Waals surface area contributed by atoms with Gasteiger partial charge in [0.2, 0.25) is 5.91 Å². The fourth-order valence-corrected chi connectivity index (χ4v) is 4.07. The van der Waals surface area contributed by atoms with Crippen molar-refractivity contribution < 1.29 is 4.79 Å². The molecule has 4 nitrogen and oxygen atoms in total. The summed E-state index contributed by atoms with van der Waals surface area (Å²) in [5.41, 5.74) is 2.43. The Kier molecular flexibility index (Phi) is 4.37. The Bertz CT molecular complexity index is 701. The number of rotatable bonds is 4. The van der Waals surface area contributed by atoms with Gasteiger partial charge in [-0.15, -0.1) is 0 Å². The van der Waals surface area contributed by atoms with Crippen molar-refractivity contribution >= 4 is 5.91 Å². The van der Waals surface area contributed by atoms with Crippen molar-refractivity contribution in [1.82, 2.24) is 14.5 Å². The van der Waals surface area contributed by atoms with Crippen LogP contribution in [0.4, 0.5) is 0 Å². The number of carbonyl (C=O) groups excluding carboxylic acids is 1. The van der Waals surface area contributed by atoms with E-state index in [1.165, 1.54) is 29.9 Å². The van der Waals surface area contributed by atoms with Crippen molar-refractivity contribution in [2.24, 2.45) is 0 Å². The molecule has 1 amide bonds. The maximum absolute atomic E-state index is 12.8. The highest BCUT2D eigenvalue weighted by Crippen LogP contribution is 2.31. The second kappa shape index (κ2) is 6.80. The maximum atomic E-state index is 12.8. The maximum Gasteiger partial charge on any atom is 0.223 e. The molecule has 1 aromatic carbocycles. The average molecular weight is 323 g/mol. The van der Waals surface area contributed by atoms with E-state index in [2.05, 4.69) is 33.8 Å². The summed E-state index contributed by atoms with van der Waals surface area (Å²) in [5.74, 6) is 1.58. The molecular weight excluding hydrogens is 298 g/mol. The number of aryl methyl sites for hydroxylation is 1. The van der Waals surface area contributed by atoms with Gasteiger partial charge in [0.05, 0.1) is 0 Å². The Balaban J connectivity index is 1.66. The van der Waals surface area contributed by atoms with E-state index in [0.29, 0.717) is 6.42 Å². The first kappa shape index (κ1) is 15.4. The van der Waals surface area contributed by atoms with Crippen LogP contribution in [-0.2, 0) is 17.8 Å². The topological polar surface area (TPSA) is 38.1 Å². The van der Waals surface area contributed by atoms with Gasteiger partial charge in [0.25, 0.3) is 0 Å². The molecule has 126 valence electrons. The van der Waals surface area contributed by atoms with Crippen LogP contribution in [0, 0.1) is 0 Å². The van der Waals surface area contributed by atoms with Crippen molar-refractivity contribution in [3.05, 3.63) is 53.6 Å². The van der Waals surface area contributed by atoms with Gasteiger partial charge in [-0.1, -0.05) is 30.3 Å². The third-order valence-corrected chi connectivity index (χ3v) is 5.40. The Hall–Kier alpha value is -2.10. The largest absolute Gasteiger partial charge is 0.343 e. The van der Waals surface area contributed by atoms with Crippen LogP contribution in [0.2, 0.25) is 0 Å². The second-order valence-electron chi connectivity index (χ2n) is 6.96. The first-order chi connectivity index (χ1) is 11.8. The molecule has 2 aromatic rings. The summed E-state index contributed by atoms with van der Waals surface area (Å²) in [5, 5.41) is 0. The number of imidazole rings is 1. The van der Waals surface area contributed by atoms with E-state index in [0.717, 1.165) is 38.9 Å². The quantitative estimate of drug-likeness (QED) is 0.865. The monoisotopic (exact) mass is 323 g/mol. The molecule has 0 N–H and O–H groups in total. The Morgan fingerprint density at radius 1 is 1.04 bits per heavy atom. The highest BCUT2D eigenvalue weighted by atomic mass is 16.2. The summed E-state index contributed by atoms with van der Waals surface area (Å²) in [6, 6.07) is 10.5. The lowest BCUT2D eigenvalue weighted by molar-refractivity contribution is -0.130. The van der Waals surface area contributed by atoms with Crippen LogP contribution in [0.25, 0.3) is 0 Å². The smallest absolute Gasteiger partial charge is 0.223 e. The van der Waals surface area contributed by atoms with Crippen molar-refractivity contribution in [1.29, 1.82) is 0 Å². The number of amides is 1. The number of benzene rings is 1.